The van der Waals surface area contributed by atoms with E-state index in [0.29, 0.717) is 6.54 Å². The van der Waals surface area contributed by atoms with Crippen LogP contribution in [0, 0.1) is 5.92 Å². The molecule has 0 spiro atoms. The van der Waals surface area contributed by atoms with Crippen LogP contribution in [0.2, 0.25) is 0 Å². The van der Waals surface area contributed by atoms with Crippen molar-refractivity contribution in [3.8, 4) is 0 Å². The molecule has 3 unspecified atom stereocenters. The van der Waals surface area contributed by atoms with Crippen LogP contribution in [0.1, 0.15) is 15.8 Å². The van der Waals surface area contributed by atoms with Crippen LogP contribution >= 0.6 is 22.7 Å². The Balaban J connectivity index is 1.44. The lowest BCUT2D eigenvalue weighted by atomic mass is 9.95. The molecule has 2 aromatic heterocycles. The molecule has 2 aromatic rings. The average Bonchev–Trinajstić information content (AvgIpc) is 3.41. The maximum Gasteiger partial charge on any atom is 0.261 e. The lowest BCUT2D eigenvalue weighted by Gasteiger charge is -2.24. The lowest BCUT2D eigenvalue weighted by Crippen LogP contribution is -2.40. The third kappa shape index (κ3) is 3.43. The predicted octanol–water partition coefficient (Wildman–Crippen LogP) is 1.44. The second kappa shape index (κ2) is 7.51. The van der Waals surface area contributed by atoms with Gasteiger partial charge in [-0.3, -0.25) is 24.1 Å². The fourth-order valence-corrected chi connectivity index (χ4v) is 5.08. The number of hydrogen-bond acceptors (Lipinski definition) is 7. The highest BCUT2D eigenvalue weighted by Crippen LogP contribution is 2.45. The average molecular weight is 406 g/mol. The molecule has 0 aliphatic carbocycles. The zero-order chi connectivity index (χ0) is 19.0. The molecule has 4 rings (SSSR count). The Kier molecular flexibility index (Phi) is 5.09. The summed E-state index contributed by atoms with van der Waals surface area (Å²) in [5.41, 5.74) is 0. The van der Waals surface area contributed by atoms with E-state index >= 15 is 0 Å². The topological polar surface area (TPSA) is 79.0 Å². The molecule has 3 atom stereocenters. The minimum atomic E-state index is -0.853. The van der Waals surface area contributed by atoms with Crippen LogP contribution in [-0.2, 0) is 25.6 Å². The molecule has 3 amide bonds. The van der Waals surface area contributed by atoms with Crippen molar-refractivity contribution < 1.29 is 19.2 Å². The van der Waals surface area contributed by atoms with Crippen LogP contribution in [0.15, 0.2) is 35.0 Å². The quantitative estimate of drug-likeness (QED) is 0.736. The first kappa shape index (κ1) is 18.3. The highest BCUT2D eigenvalue weighted by atomic mass is 32.1. The van der Waals surface area contributed by atoms with Crippen molar-refractivity contribution in [2.45, 2.75) is 18.6 Å². The van der Waals surface area contributed by atoms with Crippen molar-refractivity contribution in [2.24, 2.45) is 5.92 Å². The van der Waals surface area contributed by atoms with Gasteiger partial charge in [0.05, 0.1) is 12.0 Å². The number of imide groups is 1. The fraction of sp³-hybridized carbons (Fsp3) is 0.389. The molecule has 0 bridgehead atoms. The van der Waals surface area contributed by atoms with Crippen molar-refractivity contribution in [3.63, 3.8) is 0 Å². The first-order valence-electron chi connectivity index (χ1n) is 8.63. The number of likely N-dealkylation sites (tertiary alicyclic amines) is 1. The van der Waals surface area contributed by atoms with E-state index < -0.39 is 18.1 Å². The number of rotatable bonds is 6. The number of nitrogens with one attached hydrogen (secondary N) is 1. The Labute approximate surface area is 164 Å². The molecule has 2 fully saturated rings. The molecule has 2 aliphatic heterocycles. The number of carbonyl (C=O) groups excluding carboxylic acids is 3. The minimum absolute atomic E-state index is 0.0235. The summed E-state index contributed by atoms with van der Waals surface area (Å²) in [6.07, 6.45) is -0.0837. The molecule has 27 heavy (non-hydrogen) atoms. The van der Waals surface area contributed by atoms with E-state index in [0.717, 1.165) is 16.2 Å². The van der Waals surface area contributed by atoms with Crippen molar-refractivity contribution in [1.29, 1.82) is 0 Å². The summed E-state index contributed by atoms with van der Waals surface area (Å²) in [6.45, 7) is 0.509. The number of thiophene rings is 2. The summed E-state index contributed by atoms with van der Waals surface area (Å²) in [5, 5.41) is 8.28. The van der Waals surface area contributed by atoms with Gasteiger partial charge in [0.25, 0.3) is 5.91 Å². The molecule has 0 saturated carbocycles. The standard InChI is InChI=1S/C18H19N3O4S2/c1-20-17(23)14-15(12-5-3-9-27-12)21(25-16(14)18(20)24)10-13(22)19-7-6-11-4-2-8-26-11/h2-5,8-9,14-16H,6-7,10H2,1H3,(H,19,22). The molecule has 0 aromatic carbocycles. The molecular weight excluding hydrogens is 386 g/mol. The van der Waals surface area contributed by atoms with Gasteiger partial charge in [-0.25, -0.2) is 0 Å². The zero-order valence-corrected chi connectivity index (χ0v) is 16.3. The molecule has 9 heteroatoms. The Morgan fingerprint density at radius 3 is 2.67 bits per heavy atom. The molecular formula is C18H19N3O4S2. The third-order valence-corrected chi connectivity index (χ3v) is 6.70. The van der Waals surface area contributed by atoms with Gasteiger partial charge in [0.1, 0.15) is 6.54 Å². The molecule has 2 aliphatic rings. The van der Waals surface area contributed by atoms with Crippen molar-refractivity contribution in [1.82, 2.24) is 15.3 Å². The Hall–Kier alpha value is -2.07. The van der Waals surface area contributed by atoms with E-state index in [4.69, 9.17) is 4.84 Å². The molecule has 4 heterocycles. The first-order valence-corrected chi connectivity index (χ1v) is 10.4. The molecule has 7 nitrogen and oxygen atoms in total. The van der Waals surface area contributed by atoms with E-state index in [1.54, 1.807) is 11.3 Å². The van der Waals surface area contributed by atoms with Gasteiger partial charge in [-0.1, -0.05) is 12.1 Å². The van der Waals surface area contributed by atoms with Crippen molar-refractivity contribution >= 4 is 40.4 Å². The van der Waals surface area contributed by atoms with E-state index in [-0.39, 0.29) is 24.3 Å². The number of hydroxylamine groups is 2. The monoisotopic (exact) mass is 405 g/mol. The maximum atomic E-state index is 12.5. The van der Waals surface area contributed by atoms with E-state index in [2.05, 4.69) is 5.32 Å². The molecule has 0 radical (unpaired) electrons. The van der Waals surface area contributed by atoms with Gasteiger partial charge >= 0.3 is 0 Å². The van der Waals surface area contributed by atoms with Gasteiger partial charge in [-0.05, 0) is 29.3 Å². The first-order chi connectivity index (χ1) is 13.1. The smallest absolute Gasteiger partial charge is 0.261 e. The zero-order valence-electron chi connectivity index (χ0n) is 14.7. The number of likely N-dealkylation sites (N-methyl/N-ethyl adjacent to an activating group) is 1. The van der Waals surface area contributed by atoms with Gasteiger partial charge in [-0.2, -0.15) is 5.06 Å². The number of hydrogen-bond donors (Lipinski definition) is 1. The van der Waals surface area contributed by atoms with Gasteiger partial charge in [0.15, 0.2) is 6.10 Å². The van der Waals surface area contributed by atoms with Gasteiger partial charge in [0.2, 0.25) is 11.8 Å². The second-order valence-electron chi connectivity index (χ2n) is 6.50. The number of carbonyl (C=O) groups is 3. The summed E-state index contributed by atoms with van der Waals surface area (Å²) < 4.78 is 0. The predicted molar refractivity (Wildman–Crippen MR) is 101 cm³/mol. The molecule has 1 N–H and O–H groups in total. The van der Waals surface area contributed by atoms with Crippen LogP contribution in [0.5, 0.6) is 0 Å². The Bertz CT molecular complexity index is 837. The summed E-state index contributed by atoms with van der Waals surface area (Å²) >= 11 is 3.14. The molecule has 2 saturated heterocycles. The summed E-state index contributed by atoms with van der Waals surface area (Å²) in [5.74, 6) is -1.42. The van der Waals surface area contributed by atoms with E-state index in [1.165, 1.54) is 28.3 Å². The summed E-state index contributed by atoms with van der Waals surface area (Å²) in [7, 11) is 1.47. The third-order valence-electron chi connectivity index (χ3n) is 4.82. The van der Waals surface area contributed by atoms with Gasteiger partial charge in [-0.15, -0.1) is 22.7 Å². The van der Waals surface area contributed by atoms with Crippen LogP contribution in [0.25, 0.3) is 0 Å². The Morgan fingerprint density at radius 2 is 1.96 bits per heavy atom. The summed E-state index contributed by atoms with van der Waals surface area (Å²) in [6, 6.07) is 7.37. The maximum absolute atomic E-state index is 12.5. The van der Waals surface area contributed by atoms with Crippen LogP contribution in [0.4, 0.5) is 0 Å². The fourth-order valence-electron chi connectivity index (χ4n) is 3.50. The SMILES string of the molecule is CN1C(=O)C2ON(CC(=O)NCCc3cccs3)C(c3cccs3)C2C1=O. The van der Waals surface area contributed by atoms with Gasteiger partial charge in [0, 0.05) is 23.3 Å². The normalized spacial score (nSPS) is 25.2. The van der Waals surface area contributed by atoms with E-state index in [1.807, 2.05) is 35.0 Å². The largest absolute Gasteiger partial charge is 0.355 e. The van der Waals surface area contributed by atoms with Crippen LogP contribution in [-0.4, -0.2) is 53.9 Å². The van der Waals surface area contributed by atoms with E-state index in [9.17, 15) is 14.4 Å². The minimum Gasteiger partial charge on any atom is -0.355 e. The summed E-state index contributed by atoms with van der Waals surface area (Å²) in [4.78, 5) is 46.2. The second-order valence-corrected chi connectivity index (χ2v) is 8.51. The van der Waals surface area contributed by atoms with Crippen molar-refractivity contribution in [3.05, 3.63) is 44.8 Å². The number of amides is 3. The van der Waals surface area contributed by atoms with Gasteiger partial charge < -0.3 is 5.32 Å². The Morgan fingerprint density at radius 1 is 1.19 bits per heavy atom. The number of fused-ring (bicyclic) bond motifs is 1. The number of nitrogens with zero attached hydrogens (tertiary/aromatic N) is 2. The highest BCUT2D eigenvalue weighted by Gasteiger charge is 2.59. The van der Waals surface area contributed by atoms with Crippen LogP contribution < -0.4 is 5.32 Å². The molecule has 142 valence electrons. The lowest BCUT2D eigenvalue weighted by molar-refractivity contribution is -0.181. The van der Waals surface area contributed by atoms with Crippen molar-refractivity contribution in [2.75, 3.05) is 20.1 Å². The van der Waals surface area contributed by atoms with Crippen LogP contribution in [0.3, 0.4) is 0 Å². The highest BCUT2D eigenvalue weighted by molar-refractivity contribution is 7.10.